The summed E-state index contributed by atoms with van der Waals surface area (Å²) in [5.74, 6) is 0. The van der Waals surface area contributed by atoms with Crippen LogP contribution in [-0.2, 0) is 7.05 Å². The van der Waals surface area contributed by atoms with Gasteiger partial charge in [-0.05, 0) is 53.9 Å². The normalized spacial score (nSPS) is 15.9. The molecule has 1 unspecified atom stereocenters. The Balaban J connectivity index is 1.59. The van der Waals surface area contributed by atoms with Crippen molar-refractivity contribution >= 4 is 39.9 Å². The molecule has 0 spiro atoms. The monoisotopic (exact) mass is 556 g/mol. The smallest absolute Gasteiger partial charge is 0.270 e. The number of rotatable bonds is 5. The molecule has 4 aromatic rings. The Morgan fingerprint density at radius 1 is 0.949 bits per heavy atom. The van der Waals surface area contributed by atoms with Crippen molar-refractivity contribution in [3.63, 3.8) is 0 Å². The van der Waals surface area contributed by atoms with Crippen molar-refractivity contribution in [2.45, 2.75) is 25.4 Å². The standard InChI is InChI=1S/C30H26Cl2N6O/c1-3-24-18-37(29-25(17-34)30(39)36(2)26-13-12-23(16-33)35-27(26)29)14-15-38(24)28(19-4-8-21(31)9-5-19)20-6-10-22(32)11-7-20/h4-13,24,28H,3,14-15,18H2,1-2H3. The SMILES string of the molecule is CCC1CN(c2c(C#N)c(=O)n(C)c3ccc(C#N)nc23)CCN1C(c1ccc(Cl)cc1)c1ccc(Cl)cc1. The first-order valence-electron chi connectivity index (χ1n) is 12.7. The number of hydrogen-bond acceptors (Lipinski definition) is 6. The highest BCUT2D eigenvalue weighted by Crippen LogP contribution is 2.36. The number of nitriles is 2. The first-order chi connectivity index (χ1) is 18.9. The molecule has 2 aromatic heterocycles. The third-order valence-electron chi connectivity index (χ3n) is 7.46. The van der Waals surface area contributed by atoms with Gasteiger partial charge >= 0.3 is 0 Å². The van der Waals surface area contributed by atoms with Crippen LogP contribution in [0.4, 0.5) is 5.69 Å². The second-order valence-electron chi connectivity index (χ2n) is 9.63. The minimum absolute atomic E-state index is 0.0363. The lowest BCUT2D eigenvalue weighted by molar-refractivity contribution is 0.135. The molecule has 0 bridgehead atoms. The topological polar surface area (TPSA) is 88.9 Å². The maximum atomic E-state index is 13.2. The molecule has 1 aliphatic rings. The summed E-state index contributed by atoms with van der Waals surface area (Å²) in [7, 11) is 1.62. The molecule has 0 aliphatic carbocycles. The van der Waals surface area contributed by atoms with Crippen molar-refractivity contribution in [1.29, 1.82) is 10.5 Å². The van der Waals surface area contributed by atoms with Crippen LogP contribution in [-0.4, -0.2) is 40.1 Å². The highest BCUT2D eigenvalue weighted by atomic mass is 35.5. The van der Waals surface area contributed by atoms with Gasteiger partial charge in [-0.1, -0.05) is 54.4 Å². The lowest BCUT2D eigenvalue weighted by Gasteiger charge is -2.46. The molecular weight excluding hydrogens is 531 g/mol. The van der Waals surface area contributed by atoms with Gasteiger partial charge < -0.3 is 9.47 Å². The van der Waals surface area contributed by atoms with Crippen molar-refractivity contribution < 1.29 is 0 Å². The molecule has 0 saturated carbocycles. The van der Waals surface area contributed by atoms with Crippen LogP contribution in [0.15, 0.2) is 65.5 Å². The molecule has 3 heterocycles. The number of benzene rings is 2. The van der Waals surface area contributed by atoms with Gasteiger partial charge in [0.1, 0.15) is 28.9 Å². The van der Waals surface area contributed by atoms with E-state index in [1.165, 1.54) is 4.57 Å². The van der Waals surface area contributed by atoms with E-state index in [2.05, 4.69) is 58.1 Å². The Labute approximate surface area is 237 Å². The first kappa shape index (κ1) is 26.7. The van der Waals surface area contributed by atoms with Crippen LogP contribution in [0, 0.1) is 22.7 Å². The third-order valence-corrected chi connectivity index (χ3v) is 7.96. The zero-order chi connectivity index (χ0) is 27.7. The van der Waals surface area contributed by atoms with Crippen LogP contribution in [0.1, 0.15) is 41.8 Å². The van der Waals surface area contributed by atoms with Crippen molar-refractivity contribution in [2.24, 2.45) is 7.05 Å². The quantitative estimate of drug-likeness (QED) is 0.314. The Morgan fingerprint density at radius 3 is 2.10 bits per heavy atom. The van der Waals surface area contributed by atoms with Crippen LogP contribution in [0.25, 0.3) is 11.0 Å². The molecule has 1 fully saturated rings. The second-order valence-corrected chi connectivity index (χ2v) is 10.5. The highest BCUT2D eigenvalue weighted by molar-refractivity contribution is 6.30. The molecule has 196 valence electrons. The van der Waals surface area contributed by atoms with Gasteiger partial charge in [-0.3, -0.25) is 9.69 Å². The summed E-state index contributed by atoms with van der Waals surface area (Å²) in [6, 6.07) is 23.4. The van der Waals surface area contributed by atoms with Crippen LogP contribution >= 0.6 is 23.2 Å². The van der Waals surface area contributed by atoms with Crippen molar-refractivity contribution in [1.82, 2.24) is 14.5 Å². The van der Waals surface area contributed by atoms with Crippen molar-refractivity contribution in [3.8, 4) is 12.1 Å². The number of halogens is 2. The fraction of sp³-hybridized carbons (Fsp3) is 0.267. The van der Waals surface area contributed by atoms with Gasteiger partial charge in [0.25, 0.3) is 5.56 Å². The average Bonchev–Trinajstić information content (AvgIpc) is 2.96. The summed E-state index contributed by atoms with van der Waals surface area (Å²) in [5, 5.41) is 20.9. The lowest BCUT2D eigenvalue weighted by Crippen LogP contribution is -2.54. The third kappa shape index (κ3) is 4.97. The highest BCUT2D eigenvalue weighted by Gasteiger charge is 2.35. The number of pyridine rings is 2. The summed E-state index contributed by atoms with van der Waals surface area (Å²) in [6.07, 6.45) is 0.843. The van der Waals surface area contributed by atoms with Crippen molar-refractivity contribution in [3.05, 3.63) is 103 Å². The zero-order valence-corrected chi connectivity index (χ0v) is 23.1. The molecule has 5 rings (SSSR count). The Bertz CT molecular complexity index is 1620. The van der Waals surface area contributed by atoms with Crippen LogP contribution in [0.5, 0.6) is 0 Å². The molecule has 2 aromatic carbocycles. The summed E-state index contributed by atoms with van der Waals surface area (Å²) in [4.78, 5) is 22.3. The summed E-state index contributed by atoms with van der Waals surface area (Å²) < 4.78 is 1.43. The van der Waals surface area contributed by atoms with Crippen LogP contribution < -0.4 is 10.5 Å². The van der Waals surface area contributed by atoms with Gasteiger partial charge in [0.05, 0.1) is 17.2 Å². The van der Waals surface area contributed by atoms with Gasteiger partial charge in [0.2, 0.25) is 0 Å². The van der Waals surface area contributed by atoms with E-state index in [-0.39, 0.29) is 28.9 Å². The number of aromatic nitrogens is 2. The van der Waals surface area contributed by atoms with E-state index in [1.54, 1.807) is 19.2 Å². The molecule has 1 atom stereocenters. The van der Waals surface area contributed by atoms with E-state index >= 15 is 0 Å². The minimum atomic E-state index is -0.373. The predicted octanol–water partition coefficient (Wildman–Crippen LogP) is 5.67. The molecule has 39 heavy (non-hydrogen) atoms. The molecule has 1 aliphatic heterocycles. The number of fused-ring (bicyclic) bond motifs is 1. The molecule has 0 N–H and O–H groups in total. The van der Waals surface area contributed by atoms with E-state index in [0.717, 1.165) is 17.5 Å². The lowest BCUT2D eigenvalue weighted by atomic mass is 9.93. The molecular formula is C30H26Cl2N6O. The van der Waals surface area contributed by atoms with Gasteiger partial charge in [0, 0.05) is 42.8 Å². The average molecular weight is 557 g/mol. The number of hydrogen-bond donors (Lipinski definition) is 0. The van der Waals surface area contributed by atoms with Gasteiger partial charge in [0.15, 0.2) is 0 Å². The molecule has 9 heteroatoms. The fourth-order valence-corrected chi connectivity index (χ4v) is 5.76. The van der Waals surface area contributed by atoms with Crippen LogP contribution in [0.3, 0.4) is 0 Å². The summed E-state index contributed by atoms with van der Waals surface area (Å²) >= 11 is 12.4. The molecule has 0 radical (unpaired) electrons. The van der Waals surface area contributed by atoms with Crippen LogP contribution in [0.2, 0.25) is 10.0 Å². The Morgan fingerprint density at radius 2 is 1.56 bits per heavy atom. The predicted molar refractivity (Wildman–Crippen MR) is 154 cm³/mol. The molecule has 7 nitrogen and oxygen atoms in total. The number of aryl methyl sites for hydroxylation is 1. The molecule has 0 amide bonds. The zero-order valence-electron chi connectivity index (χ0n) is 21.6. The van der Waals surface area contributed by atoms with Crippen molar-refractivity contribution in [2.75, 3.05) is 24.5 Å². The largest absolute Gasteiger partial charge is 0.366 e. The van der Waals surface area contributed by atoms with E-state index in [4.69, 9.17) is 23.2 Å². The minimum Gasteiger partial charge on any atom is -0.366 e. The van der Waals surface area contributed by atoms with E-state index < -0.39 is 0 Å². The van der Waals surface area contributed by atoms with Gasteiger partial charge in [-0.15, -0.1) is 0 Å². The van der Waals surface area contributed by atoms with Gasteiger partial charge in [-0.2, -0.15) is 10.5 Å². The molecule has 1 saturated heterocycles. The Hall–Kier alpha value is -3.88. The first-order valence-corrected chi connectivity index (χ1v) is 13.5. The summed E-state index contributed by atoms with van der Waals surface area (Å²) in [6.45, 7) is 3.97. The van der Waals surface area contributed by atoms with E-state index in [9.17, 15) is 15.3 Å². The van der Waals surface area contributed by atoms with E-state index in [0.29, 0.717) is 46.4 Å². The summed E-state index contributed by atoms with van der Waals surface area (Å²) in [5.41, 5.74) is 3.72. The number of nitrogens with zero attached hydrogens (tertiary/aromatic N) is 6. The number of anilines is 1. The number of piperazine rings is 1. The fourth-order valence-electron chi connectivity index (χ4n) is 5.51. The second kappa shape index (κ2) is 11.1. The maximum Gasteiger partial charge on any atom is 0.270 e. The van der Waals surface area contributed by atoms with E-state index in [1.807, 2.05) is 24.3 Å². The maximum absolute atomic E-state index is 13.2. The Kier molecular flexibility index (Phi) is 7.59. The van der Waals surface area contributed by atoms with Gasteiger partial charge in [-0.25, -0.2) is 4.98 Å².